The van der Waals surface area contributed by atoms with Crippen LogP contribution in [-0.4, -0.2) is 18.7 Å². The van der Waals surface area contributed by atoms with Gasteiger partial charge in [-0.25, -0.2) is 0 Å². The van der Waals surface area contributed by atoms with Crippen molar-refractivity contribution in [1.82, 2.24) is 0 Å². The van der Waals surface area contributed by atoms with Gasteiger partial charge >= 0.3 is 0 Å². The third-order valence-corrected chi connectivity index (χ3v) is 5.05. The van der Waals surface area contributed by atoms with E-state index in [1.807, 2.05) is 6.08 Å². The zero-order valence-electron chi connectivity index (χ0n) is 12.2. The Bertz CT molecular complexity index is 472. The summed E-state index contributed by atoms with van der Waals surface area (Å²) >= 11 is 0. The Balaban J connectivity index is 2.57. The largest absolute Gasteiger partial charge is 0.500 e. The highest BCUT2D eigenvalue weighted by atomic mass is 16.5. The maximum absolute atomic E-state index is 12.7. The van der Waals surface area contributed by atoms with Gasteiger partial charge in [0.25, 0.3) is 0 Å². The monoisotopic (exact) mass is 262 g/mol. The van der Waals surface area contributed by atoms with Crippen LogP contribution >= 0.6 is 0 Å². The summed E-state index contributed by atoms with van der Waals surface area (Å²) in [5.41, 5.74) is -1.09. The second kappa shape index (κ2) is 4.32. The van der Waals surface area contributed by atoms with E-state index >= 15 is 0 Å². The van der Waals surface area contributed by atoms with E-state index in [2.05, 4.69) is 20.4 Å². The minimum Gasteiger partial charge on any atom is -0.500 e. The summed E-state index contributed by atoms with van der Waals surface area (Å²) in [6.45, 7) is 9.75. The zero-order valence-corrected chi connectivity index (χ0v) is 12.2. The van der Waals surface area contributed by atoms with Gasteiger partial charge in [-0.05, 0) is 31.1 Å². The fraction of sp³-hybridized carbons (Fsp3) is 0.625. The second-order valence-corrected chi connectivity index (χ2v) is 6.49. The molecule has 0 saturated heterocycles. The third-order valence-electron chi connectivity index (χ3n) is 5.05. The Morgan fingerprint density at radius 1 is 1.42 bits per heavy atom. The molecule has 0 heterocycles. The van der Waals surface area contributed by atoms with E-state index in [1.165, 1.54) is 13.2 Å². The van der Waals surface area contributed by atoms with E-state index in [-0.39, 0.29) is 28.8 Å². The van der Waals surface area contributed by atoms with E-state index in [0.29, 0.717) is 12.2 Å². The first kappa shape index (κ1) is 14.0. The van der Waals surface area contributed by atoms with Crippen molar-refractivity contribution in [2.45, 2.75) is 33.6 Å². The Morgan fingerprint density at radius 2 is 2.05 bits per heavy atom. The standard InChI is InChI=1S/C16H22O3/c1-6-7-10-9-16(4)12(17)8-11(19-5)13(14(16)18)15(10,2)3/h6,8,10,13H,1,7,9H2,2-5H3/t10?,13-,16?/m1/s1. The van der Waals surface area contributed by atoms with Crippen LogP contribution in [-0.2, 0) is 14.3 Å². The molecule has 1 saturated carbocycles. The highest BCUT2D eigenvalue weighted by Crippen LogP contribution is 2.56. The predicted octanol–water partition coefficient (Wildman–Crippen LogP) is 2.91. The number of allylic oxidation sites excluding steroid dienone is 3. The van der Waals surface area contributed by atoms with Gasteiger partial charge in [0.2, 0.25) is 0 Å². The van der Waals surface area contributed by atoms with Crippen LogP contribution < -0.4 is 0 Å². The van der Waals surface area contributed by atoms with Crippen molar-refractivity contribution in [3.63, 3.8) is 0 Å². The van der Waals surface area contributed by atoms with Crippen LogP contribution in [0.1, 0.15) is 33.6 Å². The smallest absolute Gasteiger partial charge is 0.172 e. The van der Waals surface area contributed by atoms with Gasteiger partial charge in [0.1, 0.15) is 5.76 Å². The molecule has 3 heteroatoms. The lowest BCUT2D eigenvalue weighted by Crippen LogP contribution is -2.57. The number of fused-ring (bicyclic) bond motifs is 2. The third kappa shape index (κ3) is 1.78. The number of rotatable bonds is 3. The van der Waals surface area contributed by atoms with Gasteiger partial charge in [0.05, 0.1) is 18.4 Å². The van der Waals surface area contributed by atoms with Crippen molar-refractivity contribution in [2.75, 3.05) is 7.11 Å². The van der Waals surface area contributed by atoms with Crippen molar-refractivity contribution < 1.29 is 14.3 Å². The van der Waals surface area contributed by atoms with Crippen molar-refractivity contribution >= 4 is 11.6 Å². The lowest BCUT2D eigenvalue weighted by Gasteiger charge is -2.52. The summed E-state index contributed by atoms with van der Waals surface area (Å²) in [6, 6.07) is 0. The van der Waals surface area contributed by atoms with Gasteiger partial charge in [0.15, 0.2) is 11.6 Å². The Hall–Kier alpha value is -1.38. The van der Waals surface area contributed by atoms with E-state index in [0.717, 1.165) is 6.42 Å². The van der Waals surface area contributed by atoms with Crippen molar-refractivity contribution in [2.24, 2.45) is 22.7 Å². The maximum atomic E-state index is 12.7. The molecule has 104 valence electrons. The highest BCUT2D eigenvalue weighted by molar-refractivity contribution is 6.16. The molecule has 1 fully saturated rings. The molecule has 0 radical (unpaired) electrons. The van der Waals surface area contributed by atoms with Crippen LogP contribution in [0.4, 0.5) is 0 Å². The summed E-state index contributed by atoms with van der Waals surface area (Å²) in [5, 5.41) is 0. The first-order chi connectivity index (χ1) is 8.79. The van der Waals surface area contributed by atoms with Crippen LogP contribution in [0.3, 0.4) is 0 Å². The van der Waals surface area contributed by atoms with Gasteiger partial charge in [0, 0.05) is 6.08 Å². The normalized spacial score (nSPS) is 36.7. The zero-order chi connectivity index (χ0) is 14.4. The van der Waals surface area contributed by atoms with Crippen LogP contribution in [0.15, 0.2) is 24.5 Å². The molecule has 3 atom stereocenters. The summed E-state index contributed by atoms with van der Waals surface area (Å²) in [6.07, 6.45) is 4.82. The fourth-order valence-electron chi connectivity index (χ4n) is 3.60. The summed E-state index contributed by atoms with van der Waals surface area (Å²) in [5.74, 6) is 0.364. The Morgan fingerprint density at radius 3 is 2.58 bits per heavy atom. The molecule has 2 aliphatic carbocycles. The molecule has 0 aromatic rings. The van der Waals surface area contributed by atoms with Crippen molar-refractivity contribution in [3.8, 4) is 0 Å². The van der Waals surface area contributed by atoms with Gasteiger partial charge in [-0.15, -0.1) is 6.58 Å². The quantitative estimate of drug-likeness (QED) is 0.580. The molecule has 0 aliphatic heterocycles. The number of carbonyl (C=O) groups excluding carboxylic acids is 2. The van der Waals surface area contributed by atoms with Crippen LogP contribution in [0.25, 0.3) is 0 Å². The molecular weight excluding hydrogens is 240 g/mol. The molecule has 2 bridgehead atoms. The van der Waals surface area contributed by atoms with Crippen molar-refractivity contribution in [3.05, 3.63) is 24.5 Å². The second-order valence-electron chi connectivity index (χ2n) is 6.49. The molecule has 2 unspecified atom stereocenters. The molecule has 0 aromatic heterocycles. The average molecular weight is 262 g/mol. The number of hydrogen-bond acceptors (Lipinski definition) is 3. The van der Waals surface area contributed by atoms with E-state index in [4.69, 9.17) is 4.74 Å². The number of methoxy groups -OCH3 is 1. The Kier molecular flexibility index (Phi) is 3.20. The molecule has 0 N–H and O–H groups in total. The average Bonchev–Trinajstić information content (AvgIpc) is 2.33. The number of hydrogen-bond donors (Lipinski definition) is 0. The van der Waals surface area contributed by atoms with Crippen molar-refractivity contribution in [1.29, 1.82) is 0 Å². The van der Waals surface area contributed by atoms with Crippen LogP contribution in [0.5, 0.6) is 0 Å². The van der Waals surface area contributed by atoms with Gasteiger partial charge in [-0.2, -0.15) is 0 Å². The molecule has 0 aromatic carbocycles. The minimum atomic E-state index is -0.879. The number of ether oxygens (including phenoxy) is 1. The van der Waals surface area contributed by atoms with Gasteiger partial charge in [-0.3, -0.25) is 9.59 Å². The SMILES string of the molecule is C=CCC1CC2(C)C(=O)C=C(OC)[C@H](C2=O)C1(C)C. The van der Waals surface area contributed by atoms with E-state index in [1.54, 1.807) is 6.92 Å². The molecule has 0 spiro atoms. The molecule has 2 rings (SSSR count). The first-order valence-corrected chi connectivity index (χ1v) is 6.74. The summed E-state index contributed by atoms with van der Waals surface area (Å²) in [7, 11) is 1.53. The van der Waals surface area contributed by atoms with Gasteiger partial charge < -0.3 is 4.74 Å². The lowest BCUT2D eigenvalue weighted by atomic mass is 9.50. The highest BCUT2D eigenvalue weighted by Gasteiger charge is 2.60. The molecular formula is C16H22O3. The summed E-state index contributed by atoms with van der Waals surface area (Å²) in [4.78, 5) is 25.0. The van der Waals surface area contributed by atoms with Crippen LogP contribution in [0, 0.1) is 22.7 Å². The molecule has 3 nitrogen and oxygen atoms in total. The predicted molar refractivity (Wildman–Crippen MR) is 73.4 cm³/mol. The van der Waals surface area contributed by atoms with E-state index in [9.17, 15) is 9.59 Å². The van der Waals surface area contributed by atoms with Crippen LogP contribution in [0.2, 0.25) is 0 Å². The number of ketones is 2. The molecule has 2 aliphatic rings. The topological polar surface area (TPSA) is 43.4 Å². The number of carbonyl (C=O) groups is 2. The summed E-state index contributed by atoms with van der Waals surface area (Å²) < 4.78 is 5.32. The molecule has 19 heavy (non-hydrogen) atoms. The maximum Gasteiger partial charge on any atom is 0.172 e. The van der Waals surface area contributed by atoms with Gasteiger partial charge in [-0.1, -0.05) is 19.9 Å². The Labute approximate surface area is 114 Å². The first-order valence-electron chi connectivity index (χ1n) is 6.74. The molecule has 0 amide bonds. The fourth-order valence-corrected chi connectivity index (χ4v) is 3.60. The minimum absolute atomic E-state index is 0.0159. The number of Topliss-reactive ketones (excluding diaryl/α,β-unsaturated/α-hetero) is 1. The van der Waals surface area contributed by atoms with E-state index < -0.39 is 5.41 Å². The lowest BCUT2D eigenvalue weighted by molar-refractivity contribution is -0.154.